The number of carboxylic acids is 1. The standard InChI is InChI=1S/C9H13NO3/c11-6-10-8(9(12)13)7-4-2-1-3-5-7/h7-8H,1-5H2,(H,12,13). The molecule has 4 nitrogen and oxygen atoms in total. The van der Waals surface area contributed by atoms with E-state index in [9.17, 15) is 9.59 Å². The number of hydrogen-bond acceptors (Lipinski definition) is 3. The van der Waals surface area contributed by atoms with Gasteiger partial charge in [0.25, 0.3) is 0 Å². The first-order valence-electron chi connectivity index (χ1n) is 4.55. The second-order valence-corrected chi connectivity index (χ2v) is 3.40. The molecule has 0 aromatic rings. The molecular formula is C9H13NO3. The number of carboxylic acid groups (broad SMARTS) is 1. The average Bonchev–Trinajstić information content (AvgIpc) is 2.15. The summed E-state index contributed by atoms with van der Waals surface area (Å²) in [6.07, 6.45) is 6.32. The Hall–Kier alpha value is -1.15. The van der Waals surface area contributed by atoms with Crippen LogP contribution in [0, 0.1) is 5.92 Å². The van der Waals surface area contributed by atoms with Gasteiger partial charge in [0, 0.05) is 0 Å². The summed E-state index contributed by atoms with van der Waals surface area (Å²) >= 11 is 0. The zero-order valence-corrected chi connectivity index (χ0v) is 7.40. The van der Waals surface area contributed by atoms with Crippen LogP contribution in [0.25, 0.3) is 0 Å². The van der Waals surface area contributed by atoms with Crippen molar-refractivity contribution in [3.63, 3.8) is 0 Å². The maximum atomic E-state index is 10.7. The van der Waals surface area contributed by atoms with Gasteiger partial charge < -0.3 is 5.11 Å². The van der Waals surface area contributed by atoms with Gasteiger partial charge in [-0.1, -0.05) is 19.3 Å². The number of hydrogen-bond donors (Lipinski definition) is 1. The van der Waals surface area contributed by atoms with Crippen LogP contribution < -0.4 is 0 Å². The predicted octanol–water partition coefficient (Wildman–Crippen LogP) is 1.36. The van der Waals surface area contributed by atoms with Crippen molar-refractivity contribution in [2.45, 2.75) is 38.1 Å². The maximum Gasteiger partial charge on any atom is 0.329 e. The molecule has 1 N–H and O–H groups in total. The summed E-state index contributed by atoms with van der Waals surface area (Å²) in [5, 5.41) is 8.78. The van der Waals surface area contributed by atoms with Gasteiger partial charge >= 0.3 is 5.97 Å². The Labute approximate surface area is 76.7 Å². The number of isocyanates is 1. The van der Waals surface area contributed by atoms with Crippen LogP contribution in [0.2, 0.25) is 0 Å². The van der Waals surface area contributed by atoms with E-state index in [-0.39, 0.29) is 5.92 Å². The number of aliphatic carboxylic acids is 1. The Balaban J connectivity index is 2.62. The van der Waals surface area contributed by atoms with Crippen LogP contribution in [-0.4, -0.2) is 23.2 Å². The first kappa shape index (κ1) is 9.93. The normalized spacial score (nSPS) is 20.3. The van der Waals surface area contributed by atoms with Crippen molar-refractivity contribution in [3.05, 3.63) is 0 Å². The number of carbonyl (C=O) groups excluding carboxylic acids is 1. The summed E-state index contributed by atoms with van der Waals surface area (Å²) in [6.45, 7) is 0. The topological polar surface area (TPSA) is 66.7 Å². The van der Waals surface area contributed by atoms with E-state index in [4.69, 9.17) is 5.11 Å². The minimum atomic E-state index is -1.00. The number of carbonyl (C=O) groups is 1. The average molecular weight is 183 g/mol. The van der Waals surface area contributed by atoms with Crippen LogP contribution in [-0.2, 0) is 9.59 Å². The largest absolute Gasteiger partial charge is 0.480 e. The van der Waals surface area contributed by atoms with Crippen molar-refractivity contribution in [1.29, 1.82) is 0 Å². The van der Waals surface area contributed by atoms with E-state index in [1.165, 1.54) is 6.08 Å². The molecule has 72 valence electrons. The molecule has 1 saturated carbocycles. The molecule has 0 aromatic carbocycles. The van der Waals surface area contributed by atoms with Crippen molar-refractivity contribution in [1.82, 2.24) is 0 Å². The lowest BCUT2D eigenvalue weighted by molar-refractivity contribution is -0.140. The van der Waals surface area contributed by atoms with Gasteiger partial charge in [0.2, 0.25) is 6.08 Å². The highest BCUT2D eigenvalue weighted by molar-refractivity contribution is 5.75. The molecular weight excluding hydrogens is 170 g/mol. The Kier molecular flexibility index (Phi) is 3.65. The quantitative estimate of drug-likeness (QED) is 0.530. The fourth-order valence-corrected chi connectivity index (χ4v) is 1.87. The van der Waals surface area contributed by atoms with E-state index in [0.717, 1.165) is 32.1 Å². The Morgan fingerprint density at radius 2 is 2.00 bits per heavy atom. The van der Waals surface area contributed by atoms with E-state index in [0.29, 0.717) is 0 Å². The lowest BCUT2D eigenvalue weighted by atomic mass is 9.84. The maximum absolute atomic E-state index is 10.7. The van der Waals surface area contributed by atoms with Gasteiger partial charge in [0.15, 0.2) is 6.04 Å². The Bertz CT molecular complexity index is 225. The van der Waals surface area contributed by atoms with Crippen LogP contribution in [0.1, 0.15) is 32.1 Å². The molecule has 13 heavy (non-hydrogen) atoms. The third-order valence-electron chi connectivity index (χ3n) is 2.54. The van der Waals surface area contributed by atoms with Crippen LogP contribution >= 0.6 is 0 Å². The zero-order valence-electron chi connectivity index (χ0n) is 7.40. The lowest BCUT2D eigenvalue weighted by Crippen LogP contribution is -2.29. The first-order valence-corrected chi connectivity index (χ1v) is 4.55. The molecule has 1 aliphatic rings. The number of aliphatic imine (C=N–C) groups is 1. The molecule has 1 unspecified atom stereocenters. The second-order valence-electron chi connectivity index (χ2n) is 3.40. The third-order valence-corrected chi connectivity index (χ3v) is 2.54. The van der Waals surface area contributed by atoms with Gasteiger partial charge in [-0.25, -0.2) is 9.59 Å². The van der Waals surface area contributed by atoms with Gasteiger partial charge in [0.05, 0.1) is 0 Å². The molecule has 0 aromatic heterocycles. The summed E-state index contributed by atoms with van der Waals surface area (Å²) in [4.78, 5) is 24.1. The van der Waals surface area contributed by atoms with Crippen molar-refractivity contribution >= 4 is 12.0 Å². The summed E-state index contributed by atoms with van der Waals surface area (Å²) in [6, 6.07) is -0.863. The molecule has 0 saturated heterocycles. The van der Waals surface area contributed by atoms with Gasteiger partial charge in [-0.05, 0) is 18.8 Å². The number of rotatable bonds is 3. The van der Waals surface area contributed by atoms with E-state index in [1.807, 2.05) is 0 Å². The highest BCUT2D eigenvalue weighted by atomic mass is 16.4. The molecule has 0 bridgehead atoms. The van der Waals surface area contributed by atoms with Crippen molar-refractivity contribution in [2.24, 2.45) is 10.9 Å². The molecule has 0 spiro atoms. The fraction of sp³-hybridized carbons (Fsp3) is 0.778. The smallest absolute Gasteiger partial charge is 0.329 e. The molecule has 4 heteroatoms. The van der Waals surface area contributed by atoms with Crippen molar-refractivity contribution in [3.8, 4) is 0 Å². The highest BCUT2D eigenvalue weighted by Crippen LogP contribution is 2.27. The summed E-state index contributed by atoms with van der Waals surface area (Å²) in [5.74, 6) is -0.969. The minimum absolute atomic E-state index is 0.0349. The zero-order chi connectivity index (χ0) is 9.68. The van der Waals surface area contributed by atoms with Gasteiger partial charge in [-0.3, -0.25) is 0 Å². The van der Waals surface area contributed by atoms with Crippen LogP contribution in [0.5, 0.6) is 0 Å². The van der Waals surface area contributed by atoms with Crippen LogP contribution in [0.4, 0.5) is 0 Å². The van der Waals surface area contributed by atoms with Crippen LogP contribution in [0.15, 0.2) is 4.99 Å². The lowest BCUT2D eigenvalue weighted by Gasteiger charge is -2.23. The monoisotopic (exact) mass is 183 g/mol. The van der Waals surface area contributed by atoms with Gasteiger partial charge in [-0.15, -0.1) is 0 Å². The molecule has 0 aliphatic heterocycles. The van der Waals surface area contributed by atoms with Crippen molar-refractivity contribution < 1.29 is 14.7 Å². The summed E-state index contributed by atoms with van der Waals surface area (Å²) < 4.78 is 0. The molecule has 0 amide bonds. The SMILES string of the molecule is O=C=NC(C(=O)O)C1CCCCC1. The van der Waals surface area contributed by atoms with E-state index < -0.39 is 12.0 Å². The molecule has 1 rings (SSSR count). The Morgan fingerprint density at radius 1 is 1.38 bits per heavy atom. The second kappa shape index (κ2) is 4.77. The fourth-order valence-electron chi connectivity index (χ4n) is 1.87. The molecule has 1 aliphatic carbocycles. The summed E-state index contributed by atoms with van der Waals surface area (Å²) in [5.41, 5.74) is 0. The third kappa shape index (κ3) is 2.67. The highest BCUT2D eigenvalue weighted by Gasteiger charge is 2.28. The van der Waals surface area contributed by atoms with Gasteiger partial charge in [0.1, 0.15) is 0 Å². The molecule has 1 fully saturated rings. The predicted molar refractivity (Wildman–Crippen MR) is 46.1 cm³/mol. The number of nitrogens with zero attached hydrogens (tertiary/aromatic N) is 1. The molecule has 1 atom stereocenters. The van der Waals surface area contributed by atoms with E-state index >= 15 is 0 Å². The Morgan fingerprint density at radius 3 is 2.46 bits per heavy atom. The first-order chi connectivity index (χ1) is 6.25. The van der Waals surface area contributed by atoms with Gasteiger partial charge in [-0.2, -0.15) is 4.99 Å². The minimum Gasteiger partial charge on any atom is -0.480 e. The van der Waals surface area contributed by atoms with Crippen LogP contribution in [0.3, 0.4) is 0 Å². The molecule has 0 radical (unpaired) electrons. The summed E-state index contributed by atoms with van der Waals surface area (Å²) in [7, 11) is 0. The van der Waals surface area contributed by atoms with E-state index in [1.54, 1.807) is 0 Å². The van der Waals surface area contributed by atoms with Crippen molar-refractivity contribution in [2.75, 3.05) is 0 Å². The van der Waals surface area contributed by atoms with E-state index in [2.05, 4.69) is 4.99 Å². The molecule has 0 heterocycles.